The molecule has 0 aliphatic carbocycles. The lowest BCUT2D eigenvalue weighted by Gasteiger charge is -2.23. The topological polar surface area (TPSA) is 35.5 Å². The number of halogens is 4. The Balaban J connectivity index is 2.24. The molecule has 0 atom stereocenters. The number of ether oxygens (including phenoxy) is 2. The maximum absolute atomic E-state index is 14.1. The van der Waals surface area contributed by atoms with Gasteiger partial charge < -0.3 is 9.47 Å². The van der Waals surface area contributed by atoms with Crippen LogP contribution in [0.25, 0.3) is 5.76 Å². The SMILES string of the molecule is COC(=O)C1=C(c2ccc(C)c(C)c2)Oc2c(F)c(F)c(F)c(F)c2S1. The third-order valence-corrected chi connectivity index (χ3v) is 5.06. The Morgan fingerprint density at radius 1 is 1.00 bits per heavy atom. The van der Waals surface area contributed by atoms with E-state index >= 15 is 0 Å². The number of hydrogen-bond acceptors (Lipinski definition) is 4. The second kappa shape index (κ2) is 6.68. The normalized spacial score (nSPS) is 13.3. The smallest absolute Gasteiger partial charge is 0.348 e. The van der Waals surface area contributed by atoms with Gasteiger partial charge >= 0.3 is 5.97 Å². The molecule has 1 aliphatic heterocycles. The van der Waals surface area contributed by atoms with Crippen LogP contribution in [-0.2, 0) is 9.53 Å². The summed E-state index contributed by atoms with van der Waals surface area (Å²) in [6, 6.07) is 5.03. The molecule has 0 bridgehead atoms. The summed E-state index contributed by atoms with van der Waals surface area (Å²) in [6.07, 6.45) is 0. The van der Waals surface area contributed by atoms with E-state index in [1.54, 1.807) is 18.2 Å². The molecule has 0 amide bonds. The number of benzene rings is 2. The molecule has 0 unspecified atom stereocenters. The van der Waals surface area contributed by atoms with Gasteiger partial charge in [0, 0.05) is 5.56 Å². The van der Waals surface area contributed by atoms with E-state index in [9.17, 15) is 22.4 Å². The van der Waals surface area contributed by atoms with E-state index in [0.717, 1.165) is 18.2 Å². The van der Waals surface area contributed by atoms with Gasteiger partial charge in [0.15, 0.2) is 23.1 Å². The van der Waals surface area contributed by atoms with E-state index in [2.05, 4.69) is 4.74 Å². The fourth-order valence-corrected chi connectivity index (χ4v) is 3.40. The van der Waals surface area contributed by atoms with E-state index in [-0.39, 0.29) is 10.7 Å². The van der Waals surface area contributed by atoms with Crippen LogP contribution in [0.5, 0.6) is 5.75 Å². The third kappa shape index (κ3) is 2.84. The van der Waals surface area contributed by atoms with E-state index in [1.807, 2.05) is 13.8 Å². The minimum Gasteiger partial charge on any atom is -0.465 e. The molecule has 3 nitrogen and oxygen atoms in total. The number of methoxy groups -OCH3 is 1. The number of hydrogen-bond donors (Lipinski definition) is 0. The summed E-state index contributed by atoms with van der Waals surface area (Å²) in [5, 5.41) is 0. The zero-order valence-electron chi connectivity index (χ0n) is 13.9. The molecule has 0 aromatic heterocycles. The first-order chi connectivity index (χ1) is 12.3. The Hall–Kier alpha value is -2.48. The minimum absolute atomic E-state index is 0.123. The van der Waals surface area contributed by atoms with Gasteiger partial charge in [-0.05, 0) is 31.0 Å². The highest BCUT2D eigenvalue weighted by Gasteiger charge is 2.35. The number of carbonyl (C=O) groups is 1. The lowest BCUT2D eigenvalue weighted by atomic mass is 10.0. The summed E-state index contributed by atoms with van der Waals surface area (Å²) in [7, 11) is 1.10. The molecule has 2 aromatic rings. The Morgan fingerprint density at radius 3 is 2.27 bits per heavy atom. The van der Waals surface area contributed by atoms with Crippen LogP contribution < -0.4 is 4.74 Å². The molecule has 8 heteroatoms. The van der Waals surface area contributed by atoms with Crippen molar-refractivity contribution >= 4 is 23.5 Å². The van der Waals surface area contributed by atoms with Crippen LogP contribution in [0.1, 0.15) is 16.7 Å². The second-order valence-corrected chi connectivity index (χ2v) is 6.59. The van der Waals surface area contributed by atoms with Crippen LogP contribution >= 0.6 is 11.8 Å². The lowest BCUT2D eigenvalue weighted by Crippen LogP contribution is -2.15. The summed E-state index contributed by atoms with van der Waals surface area (Å²) in [5.41, 5.74) is 2.20. The molecule has 0 radical (unpaired) electrons. The highest BCUT2D eigenvalue weighted by molar-refractivity contribution is 8.04. The van der Waals surface area contributed by atoms with Crippen molar-refractivity contribution in [2.75, 3.05) is 7.11 Å². The first-order valence-corrected chi connectivity index (χ1v) is 8.19. The van der Waals surface area contributed by atoms with E-state index in [0.29, 0.717) is 17.3 Å². The molecular weight excluding hydrogens is 372 g/mol. The molecule has 2 aromatic carbocycles. The molecule has 0 saturated carbocycles. The zero-order chi connectivity index (χ0) is 19.2. The molecular formula is C18H12F4O3S. The van der Waals surface area contributed by atoms with Gasteiger partial charge in [0.1, 0.15) is 4.91 Å². The third-order valence-electron chi connectivity index (χ3n) is 3.94. The first kappa shape index (κ1) is 18.3. The van der Waals surface area contributed by atoms with Gasteiger partial charge in [-0.3, -0.25) is 0 Å². The predicted molar refractivity (Wildman–Crippen MR) is 87.6 cm³/mol. The van der Waals surface area contributed by atoms with Crippen LogP contribution in [0.4, 0.5) is 17.6 Å². The highest BCUT2D eigenvalue weighted by Crippen LogP contribution is 2.48. The van der Waals surface area contributed by atoms with Crippen LogP contribution in [0.3, 0.4) is 0 Å². The number of carbonyl (C=O) groups excluding carboxylic acids is 1. The molecule has 0 saturated heterocycles. The Labute approximate surface area is 150 Å². The van der Waals surface area contributed by atoms with E-state index in [4.69, 9.17) is 4.74 Å². The predicted octanol–water partition coefficient (Wildman–Crippen LogP) is 4.89. The van der Waals surface area contributed by atoms with Crippen molar-refractivity contribution in [1.29, 1.82) is 0 Å². The van der Waals surface area contributed by atoms with Crippen molar-refractivity contribution in [3.8, 4) is 5.75 Å². The second-order valence-electron chi connectivity index (χ2n) is 5.57. The molecule has 0 spiro atoms. The fourth-order valence-electron chi connectivity index (χ4n) is 2.37. The summed E-state index contributed by atoms with van der Waals surface area (Å²) in [5.74, 6) is -9.08. The number of aryl methyl sites for hydroxylation is 2. The molecule has 0 N–H and O–H groups in total. The summed E-state index contributed by atoms with van der Waals surface area (Å²) in [6.45, 7) is 3.68. The highest BCUT2D eigenvalue weighted by atomic mass is 32.2. The van der Waals surface area contributed by atoms with Crippen molar-refractivity contribution in [2.24, 2.45) is 0 Å². The average Bonchev–Trinajstić information content (AvgIpc) is 2.65. The van der Waals surface area contributed by atoms with Gasteiger partial charge in [-0.25, -0.2) is 18.0 Å². The monoisotopic (exact) mass is 384 g/mol. The van der Waals surface area contributed by atoms with Gasteiger partial charge in [-0.2, -0.15) is 4.39 Å². The number of fused-ring (bicyclic) bond motifs is 1. The van der Waals surface area contributed by atoms with Gasteiger partial charge in [0.2, 0.25) is 11.6 Å². The number of thioether (sulfide) groups is 1. The van der Waals surface area contributed by atoms with E-state index in [1.165, 1.54) is 0 Å². The summed E-state index contributed by atoms with van der Waals surface area (Å²) in [4.78, 5) is 11.2. The molecule has 3 rings (SSSR count). The Morgan fingerprint density at radius 2 is 1.65 bits per heavy atom. The zero-order valence-corrected chi connectivity index (χ0v) is 14.7. The van der Waals surface area contributed by atoms with Crippen molar-refractivity contribution < 1.29 is 31.8 Å². The van der Waals surface area contributed by atoms with Crippen LogP contribution in [0.2, 0.25) is 0 Å². The summed E-state index contributed by atoms with van der Waals surface area (Å²) >= 11 is 0.425. The van der Waals surface area contributed by atoms with Gasteiger partial charge in [0.05, 0.1) is 12.0 Å². The van der Waals surface area contributed by atoms with Crippen LogP contribution in [0.15, 0.2) is 28.0 Å². The Bertz CT molecular complexity index is 970. The average molecular weight is 384 g/mol. The molecule has 1 heterocycles. The Kier molecular flexibility index (Phi) is 4.70. The van der Waals surface area contributed by atoms with Gasteiger partial charge in [-0.15, -0.1) is 0 Å². The van der Waals surface area contributed by atoms with Crippen molar-refractivity contribution in [3.05, 3.63) is 63.1 Å². The quantitative estimate of drug-likeness (QED) is 0.320. The van der Waals surface area contributed by atoms with Crippen LogP contribution in [-0.4, -0.2) is 13.1 Å². The lowest BCUT2D eigenvalue weighted by molar-refractivity contribution is -0.135. The van der Waals surface area contributed by atoms with Crippen molar-refractivity contribution in [1.82, 2.24) is 0 Å². The van der Waals surface area contributed by atoms with Crippen molar-refractivity contribution in [3.63, 3.8) is 0 Å². The first-order valence-electron chi connectivity index (χ1n) is 7.38. The standard InChI is InChI=1S/C18H12F4O3S/c1-7-4-5-9(6-8(7)2)14-17(18(23)24-3)26-16-13(22)11(20)10(19)12(21)15(16)25-14/h4-6H,1-3H3. The van der Waals surface area contributed by atoms with E-state index < -0.39 is 39.9 Å². The molecule has 0 fully saturated rings. The van der Waals surface area contributed by atoms with Crippen LogP contribution in [0, 0.1) is 37.1 Å². The molecule has 136 valence electrons. The minimum atomic E-state index is -1.98. The summed E-state index contributed by atoms with van der Waals surface area (Å²) < 4.78 is 65.2. The van der Waals surface area contributed by atoms with Gasteiger partial charge in [0.25, 0.3) is 0 Å². The maximum Gasteiger partial charge on any atom is 0.348 e. The number of esters is 1. The number of rotatable bonds is 2. The van der Waals surface area contributed by atoms with Gasteiger partial charge in [-0.1, -0.05) is 23.9 Å². The molecule has 26 heavy (non-hydrogen) atoms. The maximum atomic E-state index is 14.1. The molecule has 1 aliphatic rings. The fraction of sp³-hybridized carbons (Fsp3) is 0.167. The largest absolute Gasteiger partial charge is 0.465 e. The van der Waals surface area contributed by atoms with Crippen molar-refractivity contribution in [2.45, 2.75) is 18.7 Å².